The van der Waals surface area contributed by atoms with Gasteiger partial charge in [-0.25, -0.2) is 4.79 Å². The molecule has 0 fully saturated rings. The molecule has 0 aliphatic carbocycles. The second kappa shape index (κ2) is 17.0. The molecular weight excluding hydrogens is 380 g/mol. The summed E-state index contributed by atoms with van der Waals surface area (Å²) in [5, 5.41) is 3.73. The number of thioether (sulfide) groups is 1. The first-order chi connectivity index (χ1) is 14.2. The number of aliphatic imine (C=N–C) groups is 1. The van der Waals surface area contributed by atoms with Gasteiger partial charge in [-0.3, -0.25) is 10.3 Å². The van der Waals surface area contributed by atoms with Crippen molar-refractivity contribution in [3.05, 3.63) is 59.2 Å². The third-order valence-electron chi connectivity index (χ3n) is 4.53. The van der Waals surface area contributed by atoms with Crippen molar-refractivity contribution in [2.45, 2.75) is 58.3 Å². The molecule has 0 spiro atoms. The van der Waals surface area contributed by atoms with Gasteiger partial charge < -0.3 is 4.74 Å². The molecule has 1 rings (SSSR count). The minimum Gasteiger partial charge on any atom is -0.446 e. The summed E-state index contributed by atoms with van der Waals surface area (Å²) in [7, 11) is 0. The molecule has 1 aromatic rings. The Morgan fingerprint density at radius 3 is 2.48 bits per heavy atom. The van der Waals surface area contributed by atoms with E-state index >= 15 is 0 Å². The van der Waals surface area contributed by atoms with Crippen LogP contribution in [-0.4, -0.2) is 31.7 Å². The van der Waals surface area contributed by atoms with Crippen LogP contribution in [0.2, 0.25) is 0 Å². The second-order valence-electron chi connectivity index (χ2n) is 6.86. The highest BCUT2D eigenvalue weighted by atomic mass is 32.2. The van der Waals surface area contributed by atoms with Gasteiger partial charge in [0.1, 0.15) is 11.8 Å². The lowest BCUT2D eigenvalue weighted by atomic mass is 10.1. The number of carbonyl (C=O) groups is 1. The zero-order valence-electron chi connectivity index (χ0n) is 17.8. The molecule has 0 saturated heterocycles. The molecule has 0 bridgehead atoms. The Morgan fingerprint density at radius 1 is 1.14 bits per heavy atom. The van der Waals surface area contributed by atoms with Gasteiger partial charge in [0.15, 0.2) is 0 Å². The van der Waals surface area contributed by atoms with Gasteiger partial charge in [-0.05, 0) is 31.7 Å². The van der Waals surface area contributed by atoms with Crippen LogP contribution in [0.3, 0.4) is 0 Å². The molecule has 1 aromatic carbocycles. The van der Waals surface area contributed by atoms with E-state index in [1.165, 1.54) is 61.9 Å². The van der Waals surface area contributed by atoms with Crippen molar-refractivity contribution in [2.75, 3.05) is 19.0 Å². The largest absolute Gasteiger partial charge is 0.446 e. The lowest BCUT2D eigenvalue weighted by molar-refractivity contribution is -0.139. The molecule has 0 heterocycles. The van der Waals surface area contributed by atoms with E-state index in [0.717, 1.165) is 25.1 Å². The molecule has 0 radical (unpaired) electrons. The number of benzene rings is 1. The average molecular weight is 417 g/mol. The van der Waals surface area contributed by atoms with Gasteiger partial charge in [0.05, 0.1) is 5.57 Å². The number of nitrogens with one attached hydrogen (secondary N) is 1. The van der Waals surface area contributed by atoms with Crippen LogP contribution in [0.25, 0.3) is 0 Å². The van der Waals surface area contributed by atoms with Crippen molar-refractivity contribution in [3.63, 3.8) is 0 Å². The zero-order chi connectivity index (χ0) is 21.2. The molecule has 5 heteroatoms. The summed E-state index contributed by atoms with van der Waals surface area (Å²) in [5.74, 6) is 0.390. The van der Waals surface area contributed by atoms with Crippen molar-refractivity contribution < 1.29 is 9.53 Å². The van der Waals surface area contributed by atoms with E-state index in [2.05, 4.69) is 42.7 Å². The highest BCUT2D eigenvalue weighted by molar-refractivity contribution is 8.03. The number of unbranched alkanes of at least 4 members (excludes halogenated alkanes) is 6. The summed E-state index contributed by atoms with van der Waals surface area (Å²) < 4.78 is 5.32. The lowest BCUT2D eigenvalue weighted by Crippen LogP contribution is -2.22. The predicted molar refractivity (Wildman–Crippen MR) is 126 cm³/mol. The Morgan fingerprint density at radius 2 is 1.83 bits per heavy atom. The Kier molecular flexibility index (Phi) is 14.8. The zero-order valence-corrected chi connectivity index (χ0v) is 18.6. The minimum absolute atomic E-state index is 0.200. The second-order valence-corrected chi connectivity index (χ2v) is 7.95. The first-order valence-corrected chi connectivity index (χ1v) is 11.6. The molecule has 1 N–H and O–H groups in total. The predicted octanol–water partition coefficient (Wildman–Crippen LogP) is 5.90. The van der Waals surface area contributed by atoms with Crippen molar-refractivity contribution >= 4 is 24.4 Å². The van der Waals surface area contributed by atoms with Crippen LogP contribution >= 0.6 is 11.8 Å². The summed E-state index contributed by atoms with van der Waals surface area (Å²) in [6, 6.07) is 10.2. The van der Waals surface area contributed by atoms with Gasteiger partial charge in [0.2, 0.25) is 0 Å². The average Bonchev–Trinajstić information content (AvgIpc) is 2.75. The molecule has 4 nitrogen and oxygen atoms in total. The van der Waals surface area contributed by atoms with Crippen molar-refractivity contribution in [1.29, 1.82) is 0 Å². The summed E-state index contributed by atoms with van der Waals surface area (Å²) in [6.45, 7) is 10.6. The number of nitrogens with zero attached hydrogens (tertiary/aromatic N) is 1. The molecule has 0 aromatic heterocycles. The topological polar surface area (TPSA) is 50.7 Å². The van der Waals surface area contributed by atoms with Crippen LogP contribution in [0.1, 0.15) is 57.4 Å². The number of ether oxygens (including phenoxy) is 1. The number of aryl methyl sites for hydroxylation is 1. The maximum Gasteiger partial charge on any atom is 0.342 e. The van der Waals surface area contributed by atoms with Crippen LogP contribution in [-0.2, 0) is 16.0 Å². The number of hydrogen-bond donors (Lipinski definition) is 1. The molecule has 0 amide bonds. The SMILES string of the molecule is C=C/C(C(=O)OCNCCCCCCCCC)=C(/N=C)SCCc1ccccc1. The van der Waals surface area contributed by atoms with Gasteiger partial charge >= 0.3 is 5.97 Å². The van der Waals surface area contributed by atoms with Crippen LogP contribution in [0.4, 0.5) is 0 Å². The molecule has 0 aliphatic rings. The smallest absolute Gasteiger partial charge is 0.342 e. The Balaban J connectivity index is 2.28. The quantitative estimate of drug-likeness (QED) is 0.0857. The van der Waals surface area contributed by atoms with Crippen LogP contribution in [0.5, 0.6) is 0 Å². The molecule has 29 heavy (non-hydrogen) atoms. The van der Waals surface area contributed by atoms with E-state index < -0.39 is 5.97 Å². The molecular formula is C24H36N2O2S. The Labute approximate surface area is 180 Å². The number of hydrogen-bond acceptors (Lipinski definition) is 5. The number of carbonyl (C=O) groups excluding carboxylic acids is 1. The van der Waals surface area contributed by atoms with E-state index in [0.29, 0.717) is 10.6 Å². The van der Waals surface area contributed by atoms with Crippen molar-refractivity contribution in [2.24, 2.45) is 4.99 Å². The normalized spacial score (nSPS) is 11.6. The van der Waals surface area contributed by atoms with E-state index in [-0.39, 0.29) is 6.73 Å². The van der Waals surface area contributed by atoms with Gasteiger partial charge in [-0.15, -0.1) is 11.8 Å². The van der Waals surface area contributed by atoms with Crippen molar-refractivity contribution in [3.8, 4) is 0 Å². The van der Waals surface area contributed by atoms with E-state index in [1.54, 1.807) is 0 Å². The molecule has 0 atom stereocenters. The Hall–Kier alpha value is -1.85. The van der Waals surface area contributed by atoms with Gasteiger partial charge in [-0.1, -0.05) is 88.4 Å². The molecule has 0 unspecified atom stereocenters. The monoisotopic (exact) mass is 416 g/mol. The van der Waals surface area contributed by atoms with Crippen LogP contribution in [0.15, 0.2) is 58.6 Å². The third kappa shape index (κ3) is 11.7. The third-order valence-corrected chi connectivity index (χ3v) is 5.56. The molecule has 160 valence electrons. The minimum atomic E-state index is -0.415. The highest BCUT2D eigenvalue weighted by Gasteiger charge is 2.14. The van der Waals surface area contributed by atoms with E-state index in [4.69, 9.17) is 4.74 Å². The number of esters is 1. The number of rotatable bonds is 17. The standard InChI is InChI=1S/C24H36N2O2S/c1-4-6-7-8-9-10-14-18-26-20-28-24(27)22(5-2)23(25-3)29-19-17-21-15-12-11-13-16-21/h5,11-13,15-16,26H,2-4,6-10,14,17-20H2,1H3/b23-22+. The maximum absolute atomic E-state index is 12.4. The lowest BCUT2D eigenvalue weighted by Gasteiger charge is -2.10. The van der Waals surface area contributed by atoms with Crippen LogP contribution in [0, 0.1) is 0 Å². The summed E-state index contributed by atoms with van der Waals surface area (Å²) >= 11 is 1.49. The fourth-order valence-corrected chi connectivity index (χ4v) is 3.79. The summed E-state index contributed by atoms with van der Waals surface area (Å²) in [4.78, 5) is 16.4. The first-order valence-electron chi connectivity index (χ1n) is 10.6. The first kappa shape index (κ1) is 25.2. The van der Waals surface area contributed by atoms with Gasteiger partial charge in [0.25, 0.3) is 0 Å². The van der Waals surface area contributed by atoms with E-state index in [9.17, 15) is 4.79 Å². The molecule has 0 saturated carbocycles. The van der Waals surface area contributed by atoms with Gasteiger partial charge in [-0.2, -0.15) is 0 Å². The van der Waals surface area contributed by atoms with Gasteiger partial charge in [0, 0.05) is 5.75 Å². The summed E-state index contributed by atoms with van der Waals surface area (Å²) in [5.41, 5.74) is 1.62. The summed E-state index contributed by atoms with van der Waals surface area (Å²) in [6.07, 6.45) is 11.2. The fraction of sp³-hybridized carbons (Fsp3) is 0.500. The maximum atomic E-state index is 12.4. The van der Waals surface area contributed by atoms with Crippen molar-refractivity contribution in [1.82, 2.24) is 5.32 Å². The highest BCUT2D eigenvalue weighted by Crippen LogP contribution is 2.23. The fourth-order valence-electron chi connectivity index (χ4n) is 2.85. The van der Waals surface area contributed by atoms with Crippen LogP contribution < -0.4 is 5.32 Å². The molecule has 0 aliphatic heterocycles. The van der Waals surface area contributed by atoms with E-state index in [1.807, 2.05) is 18.2 Å². The Bertz CT molecular complexity index is 629.